The number of carbonyl (C=O) groups excluding carboxylic acids is 5. The second-order valence-corrected chi connectivity index (χ2v) is 9.45. The fourth-order valence-electron chi connectivity index (χ4n) is 3.62. The molecule has 8 N–H and O–H groups in total. The van der Waals surface area contributed by atoms with Crippen LogP contribution in [0.4, 0.5) is 0 Å². The van der Waals surface area contributed by atoms with Gasteiger partial charge in [-0.2, -0.15) is 0 Å². The molecule has 43 heavy (non-hydrogen) atoms. The number of likely N-dealkylation sites (N-methyl/N-ethyl adjacent to an activating group) is 1. The maximum absolute atomic E-state index is 12.3. The Hall–Kier alpha value is -3.67. The molecule has 0 aliphatic heterocycles. The van der Waals surface area contributed by atoms with Crippen LogP contribution in [0.25, 0.3) is 0 Å². The van der Waals surface area contributed by atoms with Crippen molar-refractivity contribution in [2.75, 3.05) is 53.2 Å². The van der Waals surface area contributed by atoms with E-state index in [2.05, 4.69) is 26.6 Å². The van der Waals surface area contributed by atoms with Crippen molar-refractivity contribution >= 4 is 41.4 Å². The van der Waals surface area contributed by atoms with Crippen LogP contribution in [-0.2, 0) is 43.0 Å². The number of nitrogens with one attached hydrogen (secondary N) is 5. The summed E-state index contributed by atoms with van der Waals surface area (Å²) in [7, 11) is 1.61. The molecule has 0 aromatic carbocycles. The quantitative estimate of drug-likeness (QED) is 0.0459. The lowest BCUT2D eigenvalue weighted by molar-refractivity contribution is -0.144. The lowest BCUT2D eigenvalue weighted by Gasteiger charge is -2.17. The number of aliphatic carboxylic acids is 2. The predicted molar refractivity (Wildman–Crippen MR) is 150 cm³/mol. The van der Waals surface area contributed by atoms with Gasteiger partial charge in [-0.3, -0.25) is 24.0 Å². The number of ketones is 1. The van der Waals surface area contributed by atoms with Gasteiger partial charge in [-0.05, 0) is 39.2 Å². The third kappa shape index (κ3) is 20.8. The largest absolute Gasteiger partial charge is 0.480 e. The van der Waals surface area contributed by atoms with Gasteiger partial charge in [-0.1, -0.05) is 0 Å². The number of carboxylic acids is 2. The van der Waals surface area contributed by atoms with E-state index in [0.29, 0.717) is 32.4 Å². The van der Waals surface area contributed by atoms with Crippen LogP contribution in [0.3, 0.4) is 0 Å². The number of carbonyl (C=O) groups is 7. The number of carboxylic acid groups (broad SMARTS) is 2. The minimum Gasteiger partial charge on any atom is -0.480 e. The van der Waals surface area contributed by atoms with Gasteiger partial charge in [0.15, 0.2) is 5.78 Å². The molecule has 0 bridgehead atoms. The number of aliphatic hydroxyl groups excluding tert-OH is 1. The van der Waals surface area contributed by atoms with Gasteiger partial charge in [0, 0.05) is 32.9 Å². The minimum atomic E-state index is -1.42. The maximum atomic E-state index is 12.3. The van der Waals surface area contributed by atoms with Crippen LogP contribution in [0.5, 0.6) is 0 Å². The Morgan fingerprint density at radius 3 is 1.81 bits per heavy atom. The second-order valence-electron chi connectivity index (χ2n) is 9.45. The average molecular weight is 620 g/mol. The molecule has 0 aromatic heterocycles. The lowest BCUT2D eigenvalue weighted by atomic mass is 10.1. The maximum Gasteiger partial charge on any atom is 0.326 e. The first kappa shape index (κ1) is 39.3. The van der Waals surface area contributed by atoms with Gasteiger partial charge in [0.25, 0.3) is 0 Å². The summed E-state index contributed by atoms with van der Waals surface area (Å²) in [4.78, 5) is 81.6. The molecule has 0 unspecified atom stereocenters. The molecule has 0 aliphatic rings. The van der Waals surface area contributed by atoms with Crippen molar-refractivity contribution in [1.82, 2.24) is 26.6 Å². The first-order valence-corrected chi connectivity index (χ1v) is 13.9. The topological polar surface area (TPSA) is 259 Å². The van der Waals surface area contributed by atoms with Gasteiger partial charge in [-0.15, -0.1) is 0 Å². The standard InChI is InChI=1S/C26H45N5O12/c1-17(33)28-11-12-42-13-14-43-16-24(37)31-20(26(40)41)7-9-23(36)30-19(25(38)39)6-8-22(35)29-10-4-3-5-18(27-2)21(34)15-32/h18-20,27,32H,3-16H2,1-2H3,(H,28,33)(H,29,35)(H,30,36)(H,31,37)(H,38,39)(H,40,41)/t18-,19-,20-/m0/s1. The van der Waals surface area contributed by atoms with Gasteiger partial charge in [0.05, 0.1) is 25.9 Å². The molecule has 0 rings (SSSR count). The van der Waals surface area contributed by atoms with Gasteiger partial charge < -0.3 is 51.4 Å². The summed E-state index contributed by atoms with van der Waals surface area (Å²) in [5.41, 5.74) is 0. The van der Waals surface area contributed by atoms with Crippen LogP contribution in [0.2, 0.25) is 0 Å². The molecule has 3 atom stereocenters. The molecule has 0 spiro atoms. The molecule has 17 heteroatoms. The fourth-order valence-corrected chi connectivity index (χ4v) is 3.62. The number of ether oxygens (including phenoxy) is 2. The number of unbranched alkanes of at least 4 members (excludes halogenated alkanes) is 1. The molecular weight excluding hydrogens is 574 g/mol. The Bertz CT molecular complexity index is 917. The SMILES string of the molecule is CN[C@@H](CCCCNC(=O)CC[C@H](NC(=O)CC[C@H](NC(=O)COCCOCCNC(C)=O)C(=O)O)C(=O)O)C(=O)CO. The highest BCUT2D eigenvalue weighted by atomic mass is 16.5. The zero-order valence-corrected chi connectivity index (χ0v) is 24.6. The van der Waals surface area contributed by atoms with E-state index in [-0.39, 0.29) is 50.8 Å². The van der Waals surface area contributed by atoms with Crippen molar-refractivity contribution in [2.24, 2.45) is 0 Å². The van der Waals surface area contributed by atoms with E-state index in [9.17, 15) is 43.8 Å². The van der Waals surface area contributed by atoms with E-state index in [0.717, 1.165) is 0 Å². The van der Waals surface area contributed by atoms with E-state index < -0.39 is 67.4 Å². The molecule has 17 nitrogen and oxygen atoms in total. The summed E-state index contributed by atoms with van der Waals surface area (Å²) in [5.74, 6) is -5.20. The summed E-state index contributed by atoms with van der Waals surface area (Å²) >= 11 is 0. The third-order valence-corrected chi connectivity index (χ3v) is 5.95. The predicted octanol–water partition coefficient (Wildman–Crippen LogP) is -2.71. The highest BCUT2D eigenvalue weighted by Gasteiger charge is 2.24. The highest BCUT2D eigenvalue weighted by molar-refractivity contribution is 5.87. The molecular formula is C26H45N5O12. The van der Waals surface area contributed by atoms with E-state index >= 15 is 0 Å². The number of hydrogen-bond acceptors (Lipinski definition) is 11. The summed E-state index contributed by atoms with van der Waals surface area (Å²) in [6.07, 6.45) is 0.545. The van der Waals surface area contributed by atoms with Gasteiger partial charge in [0.2, 0.25) is 23.6 Å². The summed E-state index contributed by atoms with van der Waals surface area (Å²) in [5, 5.41) is 40.1. The summed E-state index contributed by atoms with van der Waals surface area (Å²) in [6.45, 7) is 1.43. The lowest BCUT2D eigenvalue weighted by Crippen LogP contribution is -2.45. The summed E-state index contributed by atoms with van der Waals surface area (Å²) < 4.78 is 10.3. The van der Waals surface area contributed by atoms with Crippen molar-refractivity contribution < 1.29 is 58.4 Å². The normalized spacial score (nSPS) is 12.8. The average Bonchev–Trinajstić information content (AvgIpc) is 2.95. The Balaban J connectivity index is 4.35. The van der Waals surface area contributed by atoms with E-state index in [1.54, 1.807) is 7.05 Å². The Labute approximate surface area is 249 Å². The zero-order valence-electron chi connectivity index (χ0n) is 24.6. The number of Topliss-reactive ketones (excluding diaryl/α,β-unsaturated/α-hetero) is 1. The smallest absolute Gasteiger partial charge is 0.326 e. The summed E-state index contributed by atoms with van der Waals surface area (Å²) in [6, 6.07) is -3.28. The van der Waals surface area contributed by atoms with Crippen LogP contribution in [0, 0.1) is 0 Å². The first-order chi connectivity index (χ1) is 20.4. The van der Waals surface area contributed by atoms with Crippen molar-refractivity contribution in [3.63, 3.8) is 0 Å². The Kier molecular flexibility index (Phi) is 21.8. The van der Waals surface area contributed by atoms with Gasteiger partial charge in [0.1, 0.15) is 25.3 Å². The minimum absolute atomic E-state index is 0.0485. The van der Waals surface area contributed by atoms with Crippen LogP contribution in [0.1, 0.15) is 51.9 Å². The van der Waals surface area contributed by atoms with Crippen LogP contribution >= 0.6 is 0 Å². The third-order valence-electron chi connectivity index (χ3n) is 5.95. The Morgan fingerprint density at radius 2 is 1.26 bits per heavy atom. The molecule has 0 radical (unpaired) electrons. The molecule has 0 saturated carbocycles. The van der Waals surface area contributed by atoms with Gasteiger partial charge in [-0.25, -0.2) is 9.59 Å². The van der Waals surface area contributed by atoms with Crippen molar-refractivity contribution in [3.8, 4) is 0 Å². The fraction of sp³-hybridized carbons (Fsp3) is 0.731. The molecule has 0 aromatic rings. The number of amides is 4. The molecule has 0 fully saturated rings. The molecule has 4 amide bonds. The highest BCUT2D eigenvalue weighted by Crippen LogP contribution is 2.04. The zero-order chi connectivity index (χ0) is 32.6. The van der Waals surface area contributed by atoms with Gasteiger partial charge >= 0.3 is 11.9 Å². The number of rotatable bonds is 26. The van der Waals surface area contributed by atoms with Crippen LogP contribution in [-0.4, -0.2) is 128 Å². The monoisotopic (exact) mass is 619 g/mol. The molecule has 246 valence electrons. The number of hydrogen-bond donors (Lipinski definition) is 8. The van der Waals surface area contributed by atoms with E-state index in [4.69, 9.17) is 14.6 Å². The van der Waals surface area contributed by atoms with Crippen LogP contribution in [0.15, 0.2) is 0 Å². The van der Waals surface area contributed by atoms with Crippen molar-refractivity contribution in [3.05, 3.63) is 0 Å². The number of aliphatic hydroxyl groups is 1. The van der Waals surface area contributed by atoms with Crippen molar-refractivity contribution in [1.29, 1.82) is 0 Å². The first-order valence-electron chi connectivity index (χ1n) is 13.9. The molecule has 0 saturated heterocycles. The molecule has 0 aliphatic carbocycles. The van der Waals surface area contributed by atoms with Crippen molar-refractivity contribution in [2.45, 2.75) is 70.0 Å². The van der Waals surface area contributed by atoms with E-state index in [1.807, 2.05) is 0 Å². The Morgan fingerprint density at radius 1 is 0.674 bits per heavy atom. The second kappa shape index (κ2) is 23.8. The van der Waals surface area contributed by atoms with E-state index in [1.165, 1.54) is 6.92 Å². The van der Waals surface area contributed by atoms with Crippen LogP contribution < -0.4 is 26.6 Å². The molecule has 0 heterocycles.